The van der Waals surface area contributed by atoms with E-state index in [9.17, 15) is 18.0 Å². The normalized spacial score (nSPS) is 24.6. The number of sulfonamides is 1. The van der Waals surface area contributed by atoms with Gasteiger partial charge in [-0.2, -0.15) is 4.31 Å². The Morgan fingerprint density at radius 1 is 1.05 bits per heavy atom. The molecule has 1 saturated carbocycles. The van der Waals surface area contributed by atoms with E-state index in [2.05, 4.69) is 15.9 Å². The van der Waals surface area contributed by atoms with Gasteiger partial charge in [0.25, 0.3) is 0 Å². The maximum absolute atomic E-state index is 14.2. The van der Waals surface area contributed by atoms with Gasteiger partial charge in [0.15, 0.2) is 0 Å². The van der Waals surface area contributed by atoms with Gasteiger partial charge >= 0.3 is 0 Å². The maximum atomic E-state index is 14.2. The maximum Gasteiger partial charge on any atom is 0.248 e. The molecule has 0 spiro atoms. The fraction of sp³-hybridized carbons (Fsp3) is 0.462. The molecule has 0 bridgehead atoms. The summed E-state index contributed by atoms with van der Waals surface area (Å²) in [7, 11) is 0.697. The highest BCUT2D eigenvalue weighted by atomic mass is 79.9. The van der Waals surface area contributed by atoms with E-state index in [0.29, 0.717) is 0 Å². The Hall–Kier alpha value is -2.18. The van der Waals surface area contributed by atoms with E-state index in [1.807, 2.05) is 24.3 Å². The minimum atomic E-state index is -4.18. The zero-order valence-electron chi connectivity index (χ0n) is 21.4. The van der Waals surface area contributed by atoms with Crippen LogP contribution in [0, 0.1) is 0 Å². The lowest BCUT2D eigenvalue weighted by atomic mass is 9.97. The van der Waals surface area contributed by atoms with Gasteiger partial charge in [0.2, 0.25) is 21.8 Å². The van der Waals surface area contributed by atoms with Gasteiger partial charge in [-0.05, 0) is 62.8 Å². The number of fused-ring (bicyclic) bond motifs is 1. The molecule has 2 amide bonds. The van der Waals surface area contributed by atoms with Gasteiger partial charge < -0.3 is 14.5 Å². The number of hydrogen-bond donors (Lipinski definition) is 0. The predicted molar refractivity (Wildman–Crippen MR) is 146 cm³/mol. The van der Waals surface area contributed by atoms with Crippen molar-refractivity contribution in [2.24, 2.45) is 0 Å². The van der Waals surface area contributed by atoms with Gasteiger partial charge in [-0.1, -0.05) is 39.7 Å². The van der Waals surface area contributed by atoms with Crippen LogP contribution in [0.5, 0.6) is 5.75 Å². The van der Waals surface area contributed by atoms with E-state index in [1.54, 1.807) is 30.0 Å². The number of piperazine rings is 1. The van der Waals surface area contributed by atoms with Gasteiger partial charge in [-0.15, -0.1) is 0 Å². The summed E-state index contributed by atoms with van der Waals surface area (Å²) in [5.74, 6) is -0.232. The topological polar surface area (TPSA) is 90.5 Å². The number of carbonyl (C=O) groups is 2. The molecule has 2 aromatic rings. The number of methoxy groups -OCH3 is 1. The van der Waals surface area contributed by atoms with Crippen LogP contribution < -0.4 is 4.74 Å². The summed E-state index contributed by atoms with van der Waals surface area (Å²) in [5, 5.41) is 0.255. The molecule has 204 valence electrons. The Morgan fingerprint density at radius 2 is 1.74 bits per heavy atom. The summed E-state index contributed by atoms with van der Waals surface area (Å²) in [6.07, 6.45) is 1.16. The molecule has 3 atom stereocenters. The number of halogens is 2. The first-order valence-corrected chi connectivity index (χ1v) is 15.0. The quantitative estimate of drug-likeness (QED) is 0.470. The number of carbonyl (C=O) groups excluding carboxylic acids is 2. The number of likely N-dealkylation sites (N-methyl/N-ethyl adjacent to an activating group) is 1. The third kappa shape index (κ3) is 4.95. The van der Waals surface area contributed by atoms with E-state index in [0.717, 1.165) is 22.9 Å². The third-order valence-corrected chi connectivity index (χ3v) is 10.1. The van der Waals surface area contributed by atoms with Crippen LogP contribution in [0.1, 0.15) is 18.4 Å². The fourth-order valence-electron chi connectivity index (χ4n) is 5.31. The first kappa shape index (κ1) is 27.4. The summed E-state index contributed by atoms with van der Waals surface area (Å²) in [6.45, 7) is 0.0665. The van der Waals surface area contributed by atoms with Crippen molar-refractivity contribution in [2.45, 2.75) is 48.4 Å². The summed E-state index contributed by atoms with van der Waals surface area (Å²) in [4.78, 5) is 32.7. The minimum absolute atomic E-state index is 0.0529. The van der Waals surface area contributed by atoms with Crippen LogP contribution in [-0.2, 0) is 26.0 Å². The van der Waals surface area contributed by atoms with Crippen molar-refractivity contribution in [3.8, 4) is 5.75 Å². The van der Waals surface area contributed by atoms with Gasteiger partial charge in [0.1, 0.15) is 28.9 Å². The molecule has 0 radical (unpaired) electrons. The van der Waals surface area contributed by atoms with Gasteiger partial charge in [0.05, 0.1) is 13.7 Å². The van der Waals surface area contributed by atoms with Crippen molar-refractivity contribution in [1.29, 1.82) is 0 Å². The van der Waals surface area contributed by atoms with Crippen LogP contribution in [0.3, 0.4) is 0 Å². The molecular weight excluding hydrogens is 596 g/mol. The van der Waals surface area contributed by atoms with Gasteiger partial charge in [-0.25, -0.2) is 8.42 Å². The highest BCUT2D eigenvalue weighted by molar-refractivity contribution is 9.10. The standard InChI is InChI=1S/C26H30BrClN4O5S/c1-29(2)21-14-31(38(35,36)23-13-18(28)8-11-22(23)37-3)24-15-30(19-9-10-19)25(33)20(32(24)26(21)34)12-16-4-6-17(27)7-5-16/h4-8,11,13,19-21,24H,9-10,12,14-15H2,1-3H3. The SMILES string of the molecule is COc1ccc(Cl)cc1S(=O)(=O)N1CC(N(C)C)C(=O)N2C(Cc3ccc(Br)cc3)C(=O)N(C3CC3)CC21. The van der Waals surface area contributed by atoms with E-state index in [-0.39, 0.29) is 53.0 Å². The number of nitrogens with zero attached hydrogens (tertiary/aromatic N) is 4. The molecule has 2 heterocycles. The Kier molecular flexibility index (Phi) is 7.51. The number of rotatable bonds is 7. The Labute approximate surface area is 236 Å². The molecule has 3 fully saturated rings. The highest BCUT2D eigenvalue weighted by Crippen LogP contribution is 2.39. The molecular formula is C26H30BrClN4O5S. The summed E-state index contributed by atoms with van der Waals surface area (Å²) < 4.78 is 36.1. The highest BCUT2D eigenvalue weighted by Gasteiger charge is 2.56. The Bertz CT molecular complexity index is 1350. The average molecular weight is 626 g/mol. The first-order chi connectivity index (χ1) is 18.0. The second-order valence-corrected chi connectivity index (χ2v) is 13.4. The molecule has 0 aromatic heterocycles. The molecule has 2 aromatic carbocycles. The van der Waals surface area contributed by atoms with Crippen LogP contribution in [0.15, 0.2) is 51.8 Å². The fourth-order valence-corrected chi connectivity index (χ4v) is 7.57. The predicted octanol–water partition coefficient (Wildman–Crippen LogP) is 2.82. The zero-order chi connectivity index (χ0) is 27.4. The van der Waals surface area contributed by atoms with Crippen molar-refractivity contribution >= 4 is 49.4 Å². The summed E-state index contributed by atoms with van der Waals surface area (Å²) in [6, 6.07) is 10.5. The lowest BCUT2D eigenvalue weighted by molar-refractivity contribution is -0.170. The van der Waals surface area contributed by atoms with E-state index >= 15 is 0 Å². The second-order valence-electron chi connectivity index (χ2n) is 10.1. The first-order valence-electron chi connectivity index (χ1n) is 12.4. The van der Waals surface area contributed by atoms with Crippen LogP contribution in [0.2, 0.25) is 5.02 Å². The molecule has 3 unspecified atom stereocenters. The van der Waals surface area contributed by atoms with Crippen molar-refractivity contribution in [3.63, 3.8) is 0 Å². The molecule has 3 aliphatic rings. The number of amides is 2. The number of hydrogen-bond acceptors (Lipinski definition) is 6. The molecule has 38 heavy (non-hydrogen) atoms. The second kappa shape index (κ2) is 10.4. The molecule has 12 heteroatoms. The molecule has 2 aliphatic heterocycles. The van der Waals surface area contributed by atoms with Crippen molar-refractivity contribution < 1.29 is 22.7 Å². The van der Waals surface area contributed by atoms with Crippen molar-refractivity contribution in [1.82, 2.24) is 19.0 Å². The van der Waals surface area contributed by atoms with Crippen LogP contribution in [0.4, 0.5) is 0 Å². The monoisotopic (exact) mass is 624 g/mol. The number of ether oxygens (including phenoxy) is 1. The molecule has 2 saturated heterocycles. The lowest BCUT2D eigenvalue weighted by Gasteiger charge is -2.54. The number of benzene rings is 2. The van der Waals surface area contributed by atoms with Crippen LogP contribution in [0.25, 0.3) is 0 Å². The molecule has 1 aliphatic carbocycles. The molecule has 9 nitrogen and oxygen atoms in total. The lowest BCUT2D eigenvalue weighted by Crippen LogP contribution is -2.75. The van der Waals surface area contributed by atoms with Crippen molar-refractivity contribution in [3.05, 3.63) is 57.5 Å². The smallest absolute Gasteiger partial charge is 0.248 e. The van der Waals surface area contributed by atoms with Crippen LogP contribution >= 0.6 is 27.5 Å². The van der Waals surface area contributed by atoms with E-state index in [4.69, 9.17) is 16.3 Å². The summed E-state index contributed by atoms with van der Waals surface area (Å²) >= 11 is 9.65. The zero-order valence-corrected chi connectivity index (χ0v) is 24.5. The van der Waals surface area contributed by atoms with Crippen LogP contribution in [-0.4, -0.2) is 97.8 Å². The van der Waals surface area contributed by atoms with Gasteiger partial charge in [0, 0.05) is 28.5 Å². The summed E-state index contributed by atoms with van der Waals surface area (Å²) in [5.41, 5.74) is 0.883. The van der Waals surface area contributed by atoms with Crippen molar-refractivity contribution in [2.75, 3.05) is 34.3 Å². The Balaban J connectivity index is 1.62. The largest absolute Gasteiger partial charge is 0.495 e. The van der Waals surface area contributed by atoms with Gasteiger partial charge in [-0.3, -0.25) is 14.5 Å². The molecule has 5 rings (SSSR count). The van der Waals surface area contributed by atoms with E-state index in [1.165, 1.54) is 28.4 Å². The third-order valence-electron chi connectivity index (χ3n) is 7.48. The molecule has 0 N–H and O–H groups in total. The van der Waals surface area contributed by atoms with E-state index < -0.39 is 28.3 Å². The Morgan fingerprint density at radius 3 is 2.34 bits per heavy atom. The minimum Gasteiger partial charge on any atom is -0.495 e. The average Bonchev–Trinajstić information content (AvgIpc) is 3.72.